The summed E-state index contributed by atoms with van der Waals surface area (Å²) < 4.78 is 10.4. The largest absolute Gasteiger partial charge is 0.497 e. The summed E-state index contributed by atoms with van der Waals surface area (Å²) in [6.07, 6.45) is 3.87. The van der Waals surface area contributed by atoms with Crippen molar-refractivity contribution in [3.8, 4) is 11.5 Å². The molecule has 0 aliphatic heterocycles. The molecule has 17 heavy (non-hydrogen) atoms. The topological polar surface area (TPSA) is 46.3 Å². The van der Waals surface area contributed by atoms with Crippen molar-refractivity contribution in [2.24, 2.45) is 0 Å². The van der Waals surface area contributed by atoms with Gasteiger partial charge >= 0.3 is 0 Å². The van der Waals surface area contributed by atoms with Crippen LogP contribution < -0.4 is 14.8 Å². The maximum absolute atomic E-state index is 5.21. The van der Waals surface area contributed by atoms with Gasteiger partial charge in [-0.05, 0) is 11.6 Å². The number of H-pyrrole nitrogens is 1. The predicted octanol–water partition coefficient (Wildman–Crippen LogP) is 2.64. The number of benzene rings is 1. The molecule has 0 bridgehead atoms. The molecule has 0 saturated heterocycles. The first-order valence-corrected chi connectivity index (χ1v) is 5.40. The molecule has 1 aromatic carbocycles. The lowest BCUT2D eigenvalue weighted by Gasteiger charge is -2.10. The Kier molecular flexibility index (Phi) is 3.55. The van der Waals surface area contributed by atoms with Gasteiger partial charge in [-0.2, -0.15) is 0 Å². The van der Waals surface area contributed by atoms with Crippen LogP contribution in [0.25, 0.3) is 0 Å². The van der Waals surface area contributed by atoms with Crippen molar-refractivity contribution >= 4 is 5.69 Å². The van der Waals surface area contributed by atoms with E-state index in [-0.39, 0.29) is 0 Å². The summed E-state index contributed by atoms with van der Waals surface area (Å²) in [5, 5.41) is 3.32. The van der Waals surface area contributed by atoms with E-state index in [0.717, 1.165) is 23.7 Å². The SMILES string of the molecule is COc1cc(NCc2cc[nH]c2)cc(OC)c1. The van der Waals surface area contributed by atoms with E-state index in [1.807, 2.05) is 36.7 Å². The summed E-state index contributed by atoms with van der Waals surface area (Å²) in [5.74, 6) is 1.56. The van der Waals surface area contributed by atoms with Crippen molar-refractivity contribution < 1.29 is 9.47 Å². The van der Waals surface area contributed by atoms with Gasteiger partial charge in [0.25, 0.3) is 0 Å². The van der Waals surface area contributed by atoms with Gasteiger partial charge in [-0.3, -0.25) is 0 Å². The number of nitrogens with one attached hydrogen (secondary N) is 2. The lowest BCUT2D eigenvalue weighted by Crippen LogP contribution is -1.99. The normalized spacial score (nSPS) is 10.0. The number of methoxy groups -OCH3 is 2. The second-order valence-corrected chi connectivity index (χ2v) is 3.67. The van der Waals surface area contributed by atoms with Gasteiger partial charge in [0.2, 0.25) is 0 Å². The monoisotopic (exact) mass is 232 g/mol. The van der Waals surface area contributed by atoms with Crippen molar-refractivity contribution in [1.82, 2.24) is 4.98 Å². The third-order valence-electron chi connectivity index (χ3n) is 2.51. The molecule has 4 heteroatoms. The molecular weight excluding hydrogens is 216 g/mol. The summed E-state index contributed by atoms with van der Waals surface area (Å²) >= 11 is 0. The quantitative estimate of drug-likeness (QED) is 0.833. The van der Waals surface area contributed by atoms with Crippen molar-refractivity contribution in [1.29, 1.82) is 0 Å². The standard InChI is InChI=1S/C13H16N2O2/c1-16-12-5-11(6-13(7-12)17-2)15-9-10-3-4-14-8-10/h3-8,14-15H,9H2,1-2H3. The van der Waals surface area contributed by atoms with Crippen molar-refractivity contribution in [2.75, 3.05) is 19.5 Å². The molecule has 0 aliphatic rings. The van der Waals surface area contributed by atoms with E-state index >= 15 is 0 Å². The second kappa shape index (κ2) is 5.30. The van der Waals surface area contributed by atoms with Crippen molar-refractivity contribution in [2.45, 2.75) is 6.54 Å². The van der Waals surface area contributed by atoms with E-state index in [1.165, 1.54) is 5.56 Å². The summed E-state index contributed by atoms with van der Waals surface area (Å²) in [5.41, 5.74) is 2.18. The zero-order chi connectivity index (χ0) is 12.1. The van der Waals surface area contributed by atoms with E-state index in [1.54, 1.807) is 14.2 Å². The molecule has 4 nitrogen and oxygen atoms in total. The predicted molar refractivity (Wildman–Crippen MR) is 67.7 cm³/mol. The van der Waals surface area contributed by atoms with E-state index in [4.69, 9.17) is 9.47 Å². The van der Waals surface area contributed by atoms with Gasteiger partial charge in [0.1, 0.15) is 11.5 Å². The summed E-state index contributed by atoms with van der Waals surface area (Å²) in [6.45, 7) is 0.764. The molecule has 0 unspecified atom stereocenters. The van der Waals surface area contributed by atoms with Crippen LogP contribution in [0.15, 0.2) is 36.7 Å². The van der Waals surface area contributed by atoms with Crippen LogP contribution in [0.3, 0.4) is 0 Å². The fourth-order valence-corrected chi connectivity index (χ4v) is 1.58. The minimum absolute atomic E-state index is 0.764. The first-order valence-electron chi connectivity index (χ1n) is 5.40. The van der Waals surface area contributed by atoms with Gasteiger partial charge in [-0.15, -0.1) is 0 Å². The molecule has 0 saturated carbocycles. The fraction of sp³-hybridized carbons (Fsp3) is 0.231. The average Bonchev–Trinajstić information content (AvgIpc) is 2.89. The molecule has 1 aromatic heterocycles. The minimum Gasteiger partial charge on any atom is -0.497 e. The zero-order valence-corrected chi connectivity index (χ0v) is 9.99. The summed E-state index contributed by atoms with van der Waals surface area (Å²) in [7, 11) is 3.29. The Hall–Kier alpha value is -2.10. The smallest absolute Gasteiger partial charge is 0.124 e. The number of ether oxygens (including phenoxy) is 2. The first-order chi connectivity index (χ1) is 8.31. The highest BCUT2D eigenvalue weighted by Gasteiger charge is 2.01. The third kappa shape index (κ3) is 2.93. The minimum atomic E-state index is 0.764. The van der Waals surface area contributed by atoms with Gasteiger partial charge in [-0.1, -0.05) is 0 Å². The van der Waals surface area contributed by atoms with Gasteiger partial charge in [0.05, 0.1) is 14.2 Å². The lowest BCUT2D eigenvalue weighted by atomic mass is 10.2. The second-order valence-electron chi connectivity index (χ2n) is 3.67. The highest BCUT2D eigenvalue weighted by Crippen LogP contribution is 2.25. The molecule has 0 amide bonds. The van der Waals surface area contributed by atoms with E-state index < -0.39 is 0 Å². The van der Waals surface area contributed by atoms with Crippen LogP contribution >= 0.6 is 0 Å². The third-order valence-corrected chi connectivity index (χ3v) is 2.51. The van der Waals surface area contributed by atoms with Crippen molar-refractivity contribution in [3.05, 3.63) is 42.2 Å². The van der Waals surface area contributed by atoms with Crippen LogP contribution in [0.1, 0.15) is 5.56 Å². The van der Waals surface area contributed by atoms with Crippen LogP contribution in [0.4, 0.5) is 5.69 Å². The van der Waals surface area contributed by atoms with Gasteiger partial charge < -0.3 is 19.8 Å². The molecule has 0 aliphatic carbocycles. The molecule has 2 rings (SSSR count). The number of hydrogen-bond acceptors (Lipinski definition) is 3. The number of hydrogen-bond donors (Lipinski definition) is 2. The molecule has 0 spiro atoms. The molecule has 0 radical (unpaired) electrons. The number of rotatable bonds is 5. The Morgan fingerprint density at radius 2 is 1.82 bits per heavy atom. The molecule has 0 atom stereocenters. The zero-order valence-electron chi connectivity index (χ0n) is 9.99. The molecule has 1 heterocycles. The van der Waals surface area contributed by atoms with Gasteiger partial charge in [0.15, 0.2) is 0 Å². The number of aromatic nitrogens is 1. The van der Waals surface area contributed by atoms with Crippen LogP contribution in [0, 0.1) is 0 Å². The Morgan fingerprint density at radius 3 is 2.35 bits per heavy atom. The van der Waals surface area contributed by atoms with E-state index in [2.05, 4.69) is 10.3 Å². The van der Waals surface area contributed by atoms with Crippen LogP contribution in [0.5, 0.6) is 11.5 Å². The Labute approximate surface area is 101 Å². The lowest BCUT2D eigenvalue weighted by molar-refractivity contribution is 0.394. The molecule has 0 fully saturated rings. The fourth-order valence-electron chi connectivity index (χ4n) is 1.58. The Bertz CT molecular complexity index is 444. The van der Waals surface area contributed by atoms with Gasteiger partial charge in [0, 0.05) is 42.8 Å². The highest BCUT2D eigenvalue weighted by atomic mass is 16.5. The average molecular weight is 232 g/mol. The highest BCUT2D eigenvalue weighted by molar-refractivity contribution is 5.53. The van der Waals surface area contributed by atoms with E-state index in [9.17, 15) is 0 Å². The molecule has 90 valence electrons. The molecular formula is C13H16N2O2. The maximum Gasteiger partial charge on any atom is 0.124 e. The van der Waals surface area contributed by atoms with Crippen LogP contribution in [0.2, 0.25) is 0 Å². The molecule has 2 aromatic rings. The summed E-state index contributed by atoms with van der Waals surface area (Å²) in [4.78, 5) is 3.02. The maximum atomic E-state index is 5.21. The number of aromatic amines is 1. The van der Waals surface area contributed by atoms with Gasteiger partial charge in [-0.25, -0.2) is 0 Å². The number of anilines is 1. The first kappa shape index (κ1) is 11.4. The Balaban J connectivity index is 2.09. The van der Waals surface area contributed by atoms with Crippen LogP contribution in [-0.2, 0) is 6.54 Å². The van der Waals surface area contributed by atoms with Crippen molar-refractivity contribution in [3.63, 3.8) is 0 Å². The Morgan fingerprint density at radius 1 is 1.12 bits per heavy atom. The molecule has 2 N–H and O–H groups in total. The summed E-state index contributed by atoms with van der Waals surface area (Å²) in [6, 6.07) is 7.76. The van der Waals surface area contributed by atoms with Crippen LogP contribution in [-0.4, -0.2) is 19.2 Å². The van der Waals surface area contributed by atoms with E-state index in [0.29, 0.717) is 0 Å².